The van der Waals surface area contributed by atoms with Gasteiger partial charge in [-0.2, -0.15) is 0 Å². The molecule has 1 N–H and O–H groups in total. The summed E-state index contributed by atoms with van der Waals surface area (Å²) in [6, 6.07) is 16.2. The summed E-state index contributed by atoms with van der Waals surface area (Å²) in [4.78, 5) is 12.0. The SMILES string of the molecule is CC(C)NC(=O)CSc1nnc(-c2ccc(F)cc2)n1Cc1ccccc1. The van der Waals surface area contributed by atoms with Crippen molar-refractivity contribution in [2.24, 2.45) is 0 Å². The monoisotopic (exact) mass is 384 g/mol. The maximum absolute atomic E-state index is 13.3. The summed E-state index contributed by atoms with van der Waals surface area (Å²) in [7, 11) is 0. The van der Waals surface area contributed by atoms with Gasteiger partial charge in [-0.15, -0.1) is 10.2 Å². The molecule has 1 aromatic heterocycles. The molecule has 0 radical (unpaired) electrons. The van der Waals surface area contributed by atoms with Gasteiger partial charge in [-0.1, -0.05) is 42.1 Å². The first-order chi connectivity index (χ1) is 13.0. The molecule has 1 amide bonds. The number of amides is 1. The third kappa shape index (κ3) is 5.17. The summed E-state index contributed by atoms with van der Waals surface area (Å²) >= 11 is 1.34. The van der Waals surface area contributed by atoms with E-state index in [1.807, 2.05) is 48.7 Å². The average molecular weight is 384 g/mol. The van der Waals surface area contributed by atoms with Crippen LogP contribution >= 0.6 is 11.8 Å². The molecule has 0 saturated carbocycles. The van der Waals surface area contributed by atoms with Crippen molar-refractivity contribution in [3.8, 4) is 11.4 Å². The molecule has 0 spiro atoms. The zero-order chi connectivity index (χ0) is 19.2. The highest BCUT2D eigenvalue weighted by Crippen LogP contribution is 2.25. The molecule has 27 heavy (non-hydrogen) atoms. The van der Waals surface area contributed by atoms with Gasteiger partial charge in [0, 0.05) is 11.6 Å². The van der Waals surface area contributed by atoms with Crippen molar-refractivity contribution in [1.82, 2.24) is 20.1 Å². The fourth-order valence-electron chi connectivity index (χ4n) is 2.61. The first-order valence-electron chi connectivity index (χ1n) is 8.68. The highest BCUT2D eigenvalue weighted by molar-refractivity contribution is 7.99. The van der Waals surface area contributed by atoms with E-state index in [0.29, 0.717) is 17.5 Å². The van der Waals surface area contributed by atoms with E-state index >= 15 is 0 Å². The molecule has 0 fully saturated rings. The maximum Gasteiger partial charge on any atom is 0.230 e. The van der Waals surface area contributed by atoms with E-state index in [-0.39, 0.29) is 23.5 Å². The predicted molar refractivity (Wildman–Crippen MR) is 105 cm³/mol. The highest BCUT2D eigenvalue weighted by Gasteiger charge is 2.16. The average Bonchev–Trinajstić information content (AvgIpc) is 3.03. The Hall–Kier alpha value is -2.67. The van der Waals surface area contributed by atoms with Crippen LogP contribution in [-0.4, -0.2) is 32.5 Å². The van der Waals surface area contributed by atoms with Gasteiger partial charge in [-0.3, -0.25) is 9.36 Å². The molecule has 1 heterocycles. The van der Waals surface area contributed by atoms with E-state index in [9.17, 15) is 9.18 Å². The van der Waals surface area contributed by atoms with Gasteiger partial charge in [0.25, 0.3) is 0 Å². The topological polar surface area (TPSA) is 59.8 Å². The predicted octanol–water partition coefficient (Wildman–Crippen LogP) is 3.75. The van der Waals surface area contributed by atoms with Crippen molar-refractivity contribution in [2.75, 3.05) is 5.75 Å². The fourth-order valence-corrected chi connectivity index (χ4v) is 3.36. The number of halogens is 1. The van der Waals surface area contributed by atoms with Crippen LogP contribution in [-0.2, 0) is 11.3 Å². The minimum absolute atomic E-state index is 0.0485. The normalized spacial score (nSPS) is 11.0. The van der Waals surface area contributed by atoms with Gasteiger partial charge in [0.15, 0.2) is 11.0 Å². The molecular formula is C20H21FN4OS. The molecule has 2 aromatic carbocycles. The number of hydrogen-bond donors (Lipinski definition) is 1. The molecular weight excluding hydrogens is 363 g/mol. The van der Waals surface area contributed by atoms with Gasteiger partial charge in [0.1, 0.15) is 5.82 Å². The molecule has 0 bridgehead atoms. The summed E-state index contributed by atoms with van der Waals surface area (Å²) in [5.74, 6) is 0.556. The van der Waals surface area contributed by atoms with Crippen LogP contribution in [0.5, 0.6) is 0 Å². The van der Waals surface area contributed by atoms with Crippen molar-refractivity contribution >= 4 is 17.7 Å². The minimum atomic E-state index is -0.298. The Morgan fingerprint density at radius 1 is 1.11 bits per heavy atom. The van der Waals surface area contributed by atoms with Crippen molar-refractivity contribution < 1.29 is 9.18 Å². The third-order valence-electron chi connectivity index (χ3n) is 3.78. The van der Waals surface area contributed by atoms with Crippen LogP contribution < -0.4 is 5.32 Å². The number of rotatable bonds is 7. The second-order valence-electron chi connectivity index (χ2n) is 6.40. The number of carbonyl (C=O) groups excluding carboxylic acids is 1. The minimum Gasteiger partial charge on any atom is -0.353 e. The number of benzene rings is 2. The summed E-state index contributed by atoms with van der Waals surface area (Å²) in [6.45, 7) is 4.41. The van der Waals surface area contributed by atoms with Gasteiger partial charge in [0.05, 0.1) is 12.3 Å². The lowest BCUT2D eigenvalue weighted by atomic mass is 10.2. The molecule has 0 unspecified atom stereocenters. The lowest BCUT2D eigenvalue weighted by molar-refractivity contribution is -0.119. The first-order valence-corrected chi connectivity index (χ1v) is 9.66. The lowest BCUT2D eigenvalue weighted by Crippen LogP contribution is -2.31. The maximum atomic E-state index is 13.3. The zero-order valence-corrected chi connectivity index (χ0v) is 16.0. The summed E-state index contributed by atoms with van der Waals surface area (Å²) in [6.07, 6.45) is 0. The number of hydrogen-bond acceptors (Lipinski definition) is 4. The third-order valence-corrected chi connectivity index (χ3v) is 4.75. The van der Waals surface area contributed by atoms with E-state index in [2.05, 4.69) is 15.5 Å². The molecule has 0 aliphatic carbocycles. The molecule has 7 heteroatoms. The summed E-state index contributed by atoms with van der Waals surface area (Å²) in [5.41, 5.74) is 1.87. The van der Waals surface area contributed by atoms with E-state index in [4.69, 9.17) is 0 Å². The number of aromatic nitrogens is 3. The van der Waals surface area contributed by atoms with Gasteiger partial charge < -0.3 is 5.32 Å². The molecule has 0 aliphatic heterocycles. The van der Waals surface area contributed by atoms with Gasteiger partial charge >= 0.3 is 0 Å². The number of nitrogens with zero attached hydrogens (tertiary/aromatic N) is 3. The standard InChI is InChI=1S/C20H21FN4OS/c1-14(2)22-18(26)13-27-20-24-23-19(16-8-10-17(21)11-9-16)25(20)12-15-6-4-3-5-7-15/h3-11,14H,12-13H2,1-2H3,(H,22,26). The Labute approximate surface area is 162 Å². The van der Waals surface area contributed by atoms with Crippen molar-refractivity contribution in [3.05, 3.63) is 66.0 Å². The van der Waals surface area contributed by atoms with Crippen LogP contribution in [0.3, 0.4) is 0 Å². The Morgan fingerprint density at radius 2 is 1.81 bits per heavy atom. The van der Waals surface area contributed by atoms with Crippen molar-refractivity contribution in [1.29, 1.82) is 0 Å². The van der Waals surface area contributed by atoms with Crippen LogP contribution in [0, 0.1) is 5.82 Å². The van der Waals surface area contributed by atoms with Gasteiger partial charge in [0.2, 0.25) is 5.91 Å². The Balaban J connectivity index is 1.88. The quantitative estimate of drug-likeness (QED) is 0.630. The van der Waals surface area contributed by atoms with E-state index < -0.39 is 0 Å². The fraction of sp³-hybridized carbons (Fsp3) is 0.250. The number of nitrogens with one attached hydrogen (secondary N) is 1. The van der Waals surface area contributed by atoms with Crippen molar-refractivity contribution in [2.45, 2.75) is 31.6 Å². The van der Waals surface area contributed by atoms with Crippen LogP contribution in [0.15, 0.2) is 59.8 Å². The van der Waals surface area contributed by atoms with Gasteiger partial charge in [-0.25, -0.2) is 4.39 Å². The molecule has 0 saturated heterocycles. The largest absolute Gasteiger partial charge is 0.353 e. The summed E-state index contributed by atoms with van der Waals surface area (Å²) < 4.78 is 15.2. The van der Waals surface area contributed by atoms with Crippen LogP contribution in [0.1, 0.15) is 19.4 Å². The molecule has 3 rings (SSSR count). The Morgan fingerprint density at radius 3 is 2.48 bits per heavy atom. The van der Waals surface area contributed by atoms with Crippen LogP contribution in [0.2, 0.25) is 0 Å². The van der Waals surface area contributed by atoms with E-state index in [1.54, 1.807) is 12.1 Å². The second-order valence-corrected chi connectivity index (χ2v) is 7.34. The molecule has 5 nitrogen and oxygen atoms in total. The van der Waals surface area contributed by atoms with Gasteiger partial charge in [-0.05, 0) is 43.7 Å². The Kier molecular flexibility index (Phi) is 6.24. The van der Waals surface area contributed by atoms with E-state index in [1.165, 1.54) is 23.9 Å². The second kappa shape index (κ2) is 8.81. The number of thioether (sulfide) groups is 1. The van der Waals surface area contributed by atoms with Crippen LogP contribution in [0.4, 0.5) is 4.39 Å². The molecule has 0 atom stereocenters. The number of carbonyl (C=O) groups is 1. The van der Waals surface area contributed by atoms with Crippen LogP contribution in [0.25, 0.3) is 11.4 Å². The molecule has 140 valence electrons. The molecule has 0 aliphatic rings. The lowest BCUT2D eigenvalue weighted by Gasteiger charge is -2.11. The molecule has 3 aromatic rings. The smallest absolute Gasteiger partial charge is 0.230 e. The summed E-state index contributed by atoms with van der Waals surface area (Å²) in [5, 5.41) is 12.1. The van der Waals surface area contributed by atoms with Crippen molar-refractivity contribution in [3.63, 3.8) is 0 Å². The first kappa shape index (κ1) is 19.1. The Bertz CT molecular complexity index is 894. The van der Waals surface area contributed by atoms with E-state index in [0.717, 1.165) is 11.1 Å². The zero-order valence-electron chi connectivity index (χ0n) is 15.2. The highest BCUT2D eigenvalue weighted by atomic mass is 32.2.